The third kappa shape index (κ3) is 2.89. The maximum absolute atomic E-state index is 5.32. The lowest BCUT2D eigenvalue weighted by molar-refractivity contribution is 0.0231. The van der Waals surface area contributed by atoms with Gasteiger partial charge in [-0.15, -0.1) is 0 Å². The number of morpholine rings is 1. The minimum Gasteiger partial charge on any atom is -0.379 e. The normalized spacial score (nSPS) is 16.0. The highest BCUT2D eigenvalue weighted by molar-refractivity contribution is 5.62. The molecule has 1 aromatic heterocycles. The molecule has 1 aliphatic heterocycles. The molecule has 0 aliphatic carbocycles. The number of hydrogen-bond donors (Lipinski definition) is 1. The first kappa shape index (κ1) is 12.9. The molecule has 0 atom stereocenters. The summed E-state index contributed by atoms with van der Waals surface area (Å²) in [6.07, 6.45) is 5.48. The second-order valence-corrected chi connectivity index (χ2v) is 4.71. The Morgan fingerprint density at radius 2 is 1.95 bits per heavy atom. The Morgan fingerprint density at radius 3 is 2.60 bits per heavy atom. The van der Waals surface area contributed by atoms with E-state index < -0.39 is 0 Å². The van der Waals surface area contributed by atoms with E-state index in [0.29, 0.717) is 0 Å². The van der Waals surface area contributed by atoms with Crippen LogP contribution in [0.1, 0.15) is 5.56 Å². The Bertz CT molecular complexity index is 556. The molecule has 2 aromatic rings. The molecule has 1 aliphatic rings. The summed E-state index contributed by atoms with van der Waals surface area (Å²) in [5, 5.41) is 2.13. The molecule has 0 bridgehead atoms. The fourth-order valence-corrected chi connectivity index (χ4v) is 2.18. The van der Waals surface area contributed by atoms with E-state index in [9.17, 15) is 0 Å². The van der Waals surface area contributed by atoms with Crippen LogP contribution in [0.2, 0.25) is 0 Å². The average molecular weight is 270 g/mol. The van der Waals surface area contributed by atoms with Crippen LogP contribution in [0, 0.1) is 0 Å². The van der Waals surface area contributed by atoms with Crippen LogP contribution < -0.4 is 5.43 Å². The molecule has 0 amide bonds. The summed E-state index contributed by atoms with van der Waals surface area (Å²) in [7, 11) is 0. The molecule has 1 N–H and O–H groups in total. The number of aromatic nitrogens is 2. The summed E-state index contributed by atoms with van der Waals surface area (Å²) >= 11 is 0. The lowest BCUT2D eigenvalue weighted by atomic mass is 10.1. The summed E-state index contributed by atoms with van der Waals surface area (Å²) in [6.45, 7) is 7.39. The predicted molar refractivity (Wildman–Crippen MR) is 78.1 cm³/mol. The van der Waals surface area contributed by atoms with Gasteiger partial charge in [-0.05, 0) is 17.7 Å². The van der Waals surface area contributed by atoms with Gasteiger partial charge in [-0.3, -0.25) is 0 Å². The molecule has 0 radical (unpaired) electrons. The molecular formula is C15H18N4O. The predicted octanol–water partition coefficient (Wildman–Crippen LogP) is 1.68. The van der Waals surface area contributed by atoms with Gasteiger partial charge in [0.25, 0.3) is 0 Å². The van der Waals surface area contributed by atoms with Crippen LogP contribution in [-0.2, 0) is 4.74 Å². The Kier molecular flexibility index (Phi) is 3.80. The van der Waals surface area contributed by atoms with Gasteiger partial charge in [0, 0.05) is 36.9 Å². The van der Waals surface area contributed by atoms with Crippen molar-refractivity contribution in [1.29, 1.82) is 0 Å². The molecule has 20 heavy (non-hydrogen) atoms. The van der Waals surface area contributed by atoms with E-state index in [1.54, 1.807) is 12.5 Å². The maximum Gasteiger partial charge on any atom is 0.0991 e. The molecule has 5 heteroatoms. The number of rotatable bonds is 4. The van der Waals surface area contributed by atoms with Gasteiger partial charge < -0.3 is 14.7 Å². The number of hydrazine groups is 1. The van der Waals surface area contributed by atoms with Gasteiger partial charge in [0.05, 0.1) is 19.5 Å². The standard InChI is InChI=1S/C15H18N4O/c1-13(17-19-8-10-20-11-9-19)14-2-4-15(5-3-14)18-7-6-16-12-18/h2-7,12,17H,1,8-11H2. The molecule has 104 valence electrons. The highest BCUT2D eigenvalue weighted by atomic mass is 16.5. The fraction of sp³-hybridized carbons (Fsp3) is 0.267. The van der Waals surface area contributed by atoms with Crippen molar-refractivity contribution in [3.8, 4) is 5.69 Å². The fourth-order valence-electron chi connectivity index (χ4n) is 2.18. The second-order valence-electron chi connectivity index (χ2n) is 4.71. The Balaban J connectivity index is 1.66. The van der Waals surface area contributed by atoms with E-state index in [0.717, 1.165) is 43.3 Å². The summed E-state index contributed by atoms with van der Waals surface area (Å²) in [4.78, 5) is 4.05. The molecule has 0 spiro atoms. The zero-order chi connectivity index (χ0) is 13.8. The van der Waals surface area contributed by atoms with Gasteiger partial charge >= 0.3 is 0 Å². The van der Waals surface area contributed by atoms with Crippen molar-refractivity contribution < 1.29 is 4.74 Å². The van der Waals surface area contributed by atoms with Crippen molar-refractivity contribution in [3.05, 3.63) is 55.1 Å². The van der Waals surface area contributed by atoms with Gasteiger partial charge in [-0.2, -0.15) is 0 Å². The average Bonchev–Trinajstić information content (AvgIpc) is 3.03. The van der Waals surface area contributed by atoms with Crippen molar-refractivity contribution in [2.45, 2.75) is 0 Å². The molecule has 0 unspecified atom stereocenters. The topological polar surface area (TPSA) is 42.3 Å². The first-order chi connectivity index (χ1) is 9.83. The van der Waals surface area contributed by atoms with Crippen molar-refractivity contribution in [1.82, 2.24) is 20.0 Å². The largest absolute Gasteiger partial charge is 0.379 e. The highest BCUT2D eigenvalue weighted by Crippen LogP contribution is 2.14. The maximum atomic E-state index is 5.32. The Morgan fingerprint density at radius 1 is 1.20 bits per heavy atom. The molecule has 3 rings (SSSR count). The number of benzene rings is 1. The monoisotopic (exact) mass is 270 g/mol. The van der Waals surface area contributed by atoms with Crippen molar-refractivity contribution in [2.75, 3.05) is 26.3 Å². The van der Waals surface area contributed by atoms with Gasteiger partial charge in [0.1, 0.15) is 0 Å². The van der Waals surface area contributed by atoms with E-state index in [1.807, 2.05) is 10.8 Å². The van der Waals surface area contributed by atoms with Crippen molar-refractivity contribution in [2.24, 2.45) is 0 Å². The van der Waals surface area contributed by atoms with Crippen LogP contribution in [0.25, 0.3) is 11.4 Å². The summed E-state index contributed by atoms with van der Waals surface area (Å²) < 4.78 is 7.30. The number of nitrogens with zero attached hydrogens (tertiary/aromatic N) is 3. The third-order valence-electron chi connectivity index (χ3n) is 3.32. The molecule has 0 saturated carbocycles. The smallest absolute Gasteiger partial charge is 0.0991 e. The number of imidazole rings is 1. The molecular weight excluding hydrogens is 252 g/mol. The number of nitrogens with one attached hydrogen (secondary N) is 1. The quantitative estimate of drug-likeness (QED) is 0.918. The highest BCUT2D eigenvalue weighted by Gasteiger charge is 2.11. The minimum atomic E-state index is 0.764. The van der Waals surface area contributed by atoms with Crippen LogP contribution in [0.4, 0.5) is 0 Å². The van der Waals surface area contributed by atoms with Gasteiger partial charge in [0.15, 0.2) is 0 Å². The first-order valence-electron chi connectivity index (χ1n) is 6.70. The zero-order valence-electron chi connectivity index (χ0n) is 11.3. The molecule has 1 aromatic carbocycles. The summed E-state index contributed by atoms with van der Waals surface area (Å²) in [6, 6.07) is 8.24. The first-order valence-corrected chi connectivity index (χ1v) is 6.70. The second kappa shape index (κ2) is 5.90. The molecule has 2 heterocycles. The van der Waals surface area contributed by atoms with Crippen LogP contribution in [0.3, 0.4) is 0 Å². The van der Waals surface area contributed by atoms with E-state index >= 15 is 0 Å². The number of hydrogen-bond acceptors (Lipinski definition) is 4. The minimum absolute atomic E-state index is 0.764. The zero-order valence-corrected chi connectivity index (χ0v) is 11.3. The molecule has 1 saturated heterocycles. The van der Waals surface area contributed by atoms with Gasteiger partial charge in [-0.1, -0.05) is 18.7 Å². The number of ether oxygens (including phenoxy) is 1. The van der Waals surface area contributed by atoms with E-state index in [-0.39, 0.29) is 0 Å². The third-order valence-corrected chi connectivity index (χ3v) is 3.32. The summed E-state index contributed by atoms with van der Waals surface area (Å²) in [5.41, 5.74) is 6.41. The van der Waals surface area contributed by atoms with E-state index in [1.165, 1.54) is 0 Å². The van der Waals surface area contributed by atoms with Crippen LogP contribution in [-0.4, -0.2) is 40.9 Å². The Hall–Kier alpha value is -2.11. The Labute approximate surface area is 118 Å². The van der Waals surface area contributed by atoms with Crippen LogP contribution >= 0.6 is 0 Å². The van der Waals surface area contributed by atoms with E-state index in [2.05, 4.69) is 46.3 Å². The van der Waals surface area contributed by atoms with Crippen LogP contribution in [0.15, 0.2) is 49.6 Å². The van der Waals surface area contributed by atoms with Crippen molar-refractivity contribution >= 4 is 5.70 Å². The van der Waals surface area contributed by atoms with Crippen molar-refractivity contribution in [3.63, 3.8) is 0 Å². The van der Waals surface area contributed by atoms with E-state index in [4.69, 9.17) is 4.74 Å². The molecule has 5 nitrogen and oxygen atoms in total. The van der Waals surface area contributed by atoms with Crippen LogP contribution in [0.5, 0.6) is 0 Å². The van der Waals surface area contributed by atoms with Gasteiger partial charge in [0.2, 0.25) is 0 Å². The molecule has 1 fully saturated rings. The lowest BCUT2D eigenvalue weighted by Gasteiger charge is -2.28. The summed E-state index contributed by atoms with van der Waals surface area (Å²) in [5.74, 6) is 0. The van der Waals surface area contributed by atoms with Gasteiger partial charge in [-0.25, -0.2) is 9.99 Å². The lowest BCUT2D eigenvalue weighted by Crippen LogP contribution is -2.44. The SMILES string of the molecule is C=C(NN1CCOCC1)c1ccc(-n2ccnc2)cc1.